The van der Waals surface area contributed by atoms with E-state index in [0.29, 0.717) is 30.3 Å². The summed E-state index contributed by atoms with van der Waals surface area (Å²) >= 11 is 6.85. The van der Waals surface area contributed by atoms with E-state index in [4.69, 9.17) is 17.0 Å². The standard InChI is InChI=1S/C17H14F2N2OS2/c18-10-2-1-3-11(19)15(10)16-14-9-4-6-22-7-5-12(9)24-17(14)21-13(23)8-20-16/h1-3H,4-8H2,(H,21,23). The van der Waals surface area contributed by atoms with Gasteiger partial charge in [-0.05, 0) is 24.1 Å². The molecule has 0 radical (unpaired) electrons. The highest BCUT2D eigenvalue weighted by Gasteiger charge is 2.29. The van der Waals surface area contributed by atoms with E-state index in [9.17, 15) is 8.78 Å². The van der Waals surface area contributed by atoms with E-state index < -0.39 is 11.6 Å². The third-order valence-electron chi connectivity index (χ3n) is 4.13. The molecule has 1 aromatic heterocycles. The van der Waals surface area contributed by atoms with Crippen LogP contribution in [-0.2, 0) is 17.6 Å². The third-order valence-corrected chi connectivity index (χ3v) is 5.57. The average Bonchev–Trinajstić information content (AvgIpc) is 2.68. The second-order valence-corrected chi connectivity index (χ2v) is 7.23. The minimum Gasteiger partial charge on any atom is -0.381 e. The van der Waals surface area contributed by atoms with Crippen LogP contribution in [0.3, 0.4) is 0 Å². The maximum absolute atomic E-state index is 14.4. The molecule has 3 nitrogen and oxygen atoms in total. The van der Waals surface area contributed by atoms with Crippen molar-refractivity contribution in [2.24, 2.45) is 4.99 Å². The highest BCUT2D eigenvalue weighted by Crippen LogP contribution is 2.39. The van der Waals surface area contributed by atoms with Crippen LogP contribution in [-0.4, -0.2) is 30.5 Å². The zero-order chi connectivity index (χ0) is 16.7. The summed E-state index contributed by atoms with van der Waals surface area (Å²) in [6.07, 6.45) is 1.49. The van der Waals surface area contributed by atoms with Gasteiger partial charge < -0.3 is 10.1 Å². The van der Waals surface area contributed by atoms with Gasteiger partial charge >= 0.3 is 0 Å². The van der Waals surface area contributed by atoms with Crippen LogP contribution in [0, 0.1) is 11.6 Å². The Hall–Kier alpha value is -1.70. The molecular formula is C17H14F2N2OS2. The van der Waals surface area contributed by atoms with Crippen molar-refractivity contribution < 1.29 is 13.5 Å². The molecular weight excluding hydrogens is 350 g/mol. The number of anilines is 1. The van der Waals surface area contributed by atoms with Crippen molar-refractivity contribution in [3.63, 3.8) is 0 Å². The number of rotatable bonds is 1. The maximum Gasteiger partial charge on any atom is 0.135 e. The molecule has 1 aromatic carbocycles. The molecule has 0 aliphatic carbocycles. The molecule has 1 N–H and O–H groups in total. The molecule has 0 fully saturated rings. The monoisotopic (exact) mass is 364 g/mol. The summed E-state index contributed by atoms with van der Waals surface area (Å²) < 4.78 is 34.3. The molecule has 0 unspecified atom stereocenters. The van der Waals surface area contributed by atoms with E-state index in [2.05, 4.69) is 10.3 Å². The predicted octanol–water partition coefficient (Wildman–Crippen LogP) is 3.73. The van der Waals surface area contributed by atoms with Crippen LogP contribution in [0.25, 0.3) is 0 Å². The van der Waals surface area contributed by atoms with Gasteiger partial charge in [-0.15, -0.1) is 11.3 Å². The zero-order valence-electron chi connectivity index (χ0n) is 12.7. The van der Waals surface area contributed by atoms with Gasteiger partial charge in [0.05, 0.1) is 31.0 Å². The Morgan fingerprint density at radius 1 is 1.12 bits per heavy atom. The second-order valence-electron chi connectivity index (χ2n) is 5.63. The summed E-state index contributed by atoms with van der Waals surface area (Å²) in [4.78, 5) is 6.16. The molecule has 2 aliphatic heterocycles. The van der Waals surface area contributed by atoms with Crippen LogP contribution in [0.5, 0.6) is 0 Å². The largest absolute Gasteiger partial charge is 0.381 e. The topological polar surface area (TPSA) is 33.6 Å². The number of fused-ring (bicyclic) bond motifs is 3. The number of thiocarbonyl (C=S) groups is 1. The van der Waals surface area contributed by atoms with Gasteiger partial charge in [0.15, 0.2) is 0 Å². The minimum atomic E-state index is -0.614. The van der Waals surface area contributed by atoms with Crippen molar-refractivity contribution in [3.05, 3.63) is 51.4 Å². The SMILES string of the molecule is Fc1cccc(F)c1C1=NCC(=S)Nc2sc3c(c21)CCOCC3. The lowest BCUT2D eigenvalue weighted by Gasteiger charge is -2.11. The van der Waals surface area contributed by atoms with Gasteiger partial charge in [0.2, 0.25) is 0 Å². The fraction of sp³-hybridized carbons (Fsp3) is 0.294. The number of nitrogens with one attached hydrogen (secondary N) is 1. The molecule has 4 rings (SSSR count). The summed E-state index contributed by atoms with van der Waals surface area (Å²) in [5.74, 6) is -1.23. The van der Waals surface area contributed by atoms with Gasteiger partial charge in [0, 0.05) is 16.9 Å². The Kier molecular flexibility index (Phi) is 4.15. The minimum absolute atomic E-state index is 0.0870. The van der Waals surface area contributed by atoms with Crippen molar-refractivity contribution in [2.75, 3.05) is 25.1 Å². The van der Waals surface area contributed by atoms with Gasteiger partial charge in [-0.2, -0.15) is 0 Å². The first-order chi connectivity index (χ1) is 11.6. The van der Waals surface area contributed by atoms with Crippen LogP contribution in [0.2, 0.25) is 0 Å². The number of hydrogen-bond acceptors (Lipinski definition) is 4. The molecule has 124 valence electrons. The van der Waals surface area contributed by atoms with E-state index in [1.807, 2.05) is 0 Å². The highest BCUT2D eigenvalue weighted by atomic mass is 32.1. The van der Waals surface area contributed by atoms with Crippen molar-refractivity contribution in [3.8, 4) is 0 Å². The number of hydrogen-bond donors (Lipinski definition) is 1. The lowest BCUT2D eigenvalue weighted by molar-refractivity contribution is 0.146. The third kappa shape index (κ3) is 2.66. The normalized spacial score (nSPS) is 17.2. The van der Waals surface area contributed by atoms with Crippen LogP contribution < -0.4 is 5.32 Å². The molecule has 0 amide bonds. The second kappa shape index (κ2) is 6.31. The molecule has 24 heavy (non-hydrogen) atoms. The van der Waals surface area contributed by atoms with Crippen molar-refractivity contribution >= 4 is 39.3 Å². The van der Waals surface area contributed by atoms with E-state index >= 15 is 0 Å². The maximum atomic E-state index is 14.4. The van der Waals surface area contributed by atoms with Crippen LogP contribution >= 0.6 is 23.6 Å². The Labute approximate surface area is 147 Å². The van der Waals surface area contributed by atoms with Gasteiger partial charge in [0.1, 0.15) is 21.6 Å². The van der Waals surface area contributed by atoms with Gasteiger partial charge in [-0.3, -0.25) is 4.99 Å². The Balaban J connectivity index is 1.96. The lowest BCUT2D eigenvalue weighted by Crippen LogP contribution is -2.12. The number of benzene rings is 1. The van der Waals surface area contributed by atoms with Crippen LogP contribution in [0.1, 0.15) is 21.6 Å². The summed E-state index contributed by atoms with van der Waals surface area (Å²) in [5, 5.41) is 4.01. The van der Waals surface area contributed by atoms with Crippen LogP contribution in [0.4, 0.5) is 13.8 Å². The molecule has 0 saturated carbocycles. The summed E-state index contributed by atoms with van der Waals surface area (Å²) in [6, 6.07) is 3.87. The van der Waals surface area contributed by atoms with Gasteiger partial charge in [0.25, 0.3) is 0 Å². The Bertz CT molecular complexity index is 840. The number of aliphatic imine (C=N–C) groups is 1. The predicted molar refractivity (Wildman–Crippen MR) is 95.6 cm³/mol. The van der Waals surface area contributed by atoms with Crippen molar-refractivity contribution in [2.45, 2.75) is 12.8 Å². The highest BCUT2D eigenvalue weighted by molar-refractivity contribution is 7.80. The molecule has 0 atom stereocenters. The fourth-order valence-corrected chi connectivity index (χ4v) is 4.57. The van der Waals surface area contributed by atoms with Crippen LogP contribution in [0.15, 0.2) is 23.2 Å². The fourth-order valence-electron chi connectivity index (χ4n) is 3.08. The molecule has 0 saturated heterocycles. The summed E-state index contributed by atoms with van der Waals surface area (Å²) in [6.45, 7) is 1.45. The smallest absolute Gasteiger partial charge is 0.135 e. The van der Waals surface area contributed by atoms with E-state index in [-0.39, 0.29) is 12.1 Å². The average molecular weight is 364 g/mol. The molecule has 3 heterocycles. The summed E-state index contributed by atoms with van der Waals surface area (Å²) in [5.41, 5.74) is 2.08. The van der Waals surface area contributed by atoms with E-state index in [1.165, 1.54) is 23.1 Å². The number of thiophene rings is 1. The number of nitrogens with zero attached hydrogens (tertiary/aromatic N) is 1. The molecule has 2 aromatic rings. The number of ether oxygens (including phenoxy) is 1. The molecule has 7 heteroatoms. The summed E-state index contributed by atoms with van der Waals surface area (Å²) in [7, 11) is 0. The van der Waals surface area contributed by atoms with Crippen molar-refractivity contribution in [1.29, 1.82) is 0 Å². The van der Waals surface area contributed by atoms with E-state index in [0.717, 1.165) is 22.5 Å². The first-order valence-corrected chi connectivity index (χ1v) is 8.89. The van der Waals surface area contributed by atoms with Gasteiger partial charge in [-0.25, -0.2) is 8.78 Å². The lowest BCUT2D eigenvalue weighted by atomic mass is 9.96. The Morgan fingerprint density at radius 2 is 1.88 bits per heavy atom. The number of halogens is 2. The van der Waals surface area contributed by atoms with Crippen molar-refractivity contribution in [1.82, 2.24) is 0 Å². The Morgan fingerprint density at radius 3 is 2.67 bits per heavy atom. The first kappa shape index (κ1) is 15.8. The first-order valence-electron chi connectivity index (χ1n) is 7.66. The molecule has 2 aliphatic rings. The molecule has 0 bridgehead atoms. The quantitative estimate of drug-likeness (QED) is 0.783. The van der Waals surface area contributed by atoms with Gasteiger partial charge in [-0.1, -0.05) is 18.3 Å². The molecule has 0 spiro atoms. The zero-order valence-corrected chi connectivity index (χ0v) is 14.3. The van der Waals surface area contributed by atoms with E-state index in [1.54, 1.807) is 11.3 Å².